The van der Waals surface area contributed by atoms with Gasteiger partial charge in [0.1, 0.15) is 0 Å². The van der Waals surface area contributed by atoms with Gasteiger partial charge < -0.3 is 0 Å². The highest BCUT2D eigenvalue weighted by atomic mass is 15.8. The van der Waals surface area contributed by atoms with Crippen molar-refractivity contribution in [1.82, 2.24) is 15.1 Å². The molecule has 0 N–H and O–H groups in total. The molecular weight excluding hydrogens is 210 g/mol. The molecule has 1 unspecified atom stereocenters. The molecular formula is C14H31N3. The van der Waals surface area contributed by atoms with E-state index >= 15 is 0 Å². The molecule has 1 saturated heterocycles. The van der Waals surface area contributed by atoms with Crippen LogP contribution in [-0.4, -0.2) is 48.4 Å². The topological polar surface area (TPSA) is 9.72 Å². The minimum absolute atomic E-state index is 0.909. The summed E-state index contributed by atoms with van der Waals surface area (Å²) < 4.78 is 0. The van der Waals surface area contributed by atoms with Crippen molar-refractivity contribution in [3.63, 3.8) is 0 Å². The maximum absolute atomic E-state index is 2.53. The summed E-state index contributed by atoms with van der Waals surface area (Å²) in [6, 6.07) is 0. The molecule has 1 aliphatic rings. The van der Waals surface area contributed by atoms with E-state index in [1.54, 1.807) is 0 Å². The van der Waals surface area contributed by atoms with E-state index in [0.29, 0.717) is 0 Å². The third kappa shape index (κ3) is 4.57. The summed E-state index contributed by atoms with van der Waals surface area (Å²) in [4.78, 5) is 0. The van der Waals surface area contributed by atoms with E-state index < -0.39 is 0 Å². The lowest BCUT2D eigenvalue weighted by atomic mass is 10.1. The van der Waals surface area contributed by atoms with Gasteiger partial charge in [0.15, 0.2) is 0 Å². The maximum Gasteiger partial charge on any atom is 0.0179 e. The molecule has 1 atom stereocenters. The van der Waals surface area contributed by atoms with Crippen molar-refractivity contribution in [2.75, 3.05) is 33.2 Å². The van der Waals surface area contributed by atoms with Crippen LogP contribution in [0.5, 0.6) is 0 Å². The maximum atomic E-state index is 2.53. The van der Waals surface area contributed by atoms with Gasteiger partial charge in [-0.1, -0.05) is 33.6 Å². The quantitative estimate of drug-likeness (QED) is 0.605. The summed E-state index contributed by atoms with van der Waals surface area (Å²) in [7, 11) is 2.24. The first-order valence-electron chi connectivity index (χ1n) is 7.46. The fourth-order valence-electron chi connectivity index (χ4n) is 2.59. The first-order chi connectivity index (χ1) is 8.22. The Morgan fingerprint density at radius 3 is 2.41 bits per heavy atom. The van der Waals surface area contributed by atoms with Crippen molar-refractivity contribution < 1.29 is 0 Å². The summed E-state index contributed by atoms with van der Waals surface area (Å²) in [6.45, 7) is 11.7. The zero-order chi connectivity index (χ0) is 12.7. The number of hydrogen-bond donors (Lipinski definition) is 0. The molecule has 1 heterocycles. The predicted molar refractivity (Wildman–Crippen MR) is 74.5 cm³/mol. The first-order valence-corrected chi connectivity index (χ1v) is 7.46. The number of hydrogen-bond acceptors (Lipinski definition) is 3. The fraction of sp³-hybridized carbons (Fsp3) is 1.00. The van der Waals surface area contributed by atoms with Crippen molar-refractivity contribution in [2.45, 2.75) is 52.9 Å². The van der Waals surface area contributed by atoms with Crippen LogP contribution >= 0.6 is 0 Å². The highest BCUT2D eigenvalue weighted by Gasteiger charge is 2.26. The second-order valence-electron chi connectivity index (χ2n) is 5.27. The van der Waals surface area contributed by atoms with Crippen LogP contribution in [0.1, 0.15) is 52.9 Å². The van der Waals surface area contributed by atoms with Crippen LogP contribution in [0.25, 0.3) is 0 Å². The lowest BCUT2D eigenvalue weighted by Crippen LogP contribution is -2.50. The first kappa shape index (κ1) is 14.9. The van der Waals surface area contributed by atoms with Crippen LogP contribution < -0.4 is 0 Å². The Labute approximate surface area is 108 Å². The average Bonchev–Trinajstić information content (AvgIpc) is 2.82. The largest absolute Gasteiger partial charge is 0.228 e. The summed E-state index contributed by atoms with van der Waals surface area (Å²) >= 11 is 0. The molecule has 0 aromatic heterocycles. The predicted octanol–water partition coefficient (Wildman–Crippen LogP) is 2.99. The normalized spacial score (nSPS) is 21.9. The van der Waals surface area contributed by atoms with Gasteiger partial charge in [-0.3, -0.25) is 0 Å². The van der Waals surface area contributed by atoms with E-state index in [4.69, 9.17) is 0 Å². The van der Waals surface area contributed by atoms with E-state index in [0.717, 1.165) is 5.92 Å². The number of unbranched alkanes of at least 4 members (excludes halogenated alkanes) is 1. The van der Waals surface area contributed by atoms with Crippen LogP contribution in [0.3, 0.4) is 0 Å². The number of nitrogens with zero attached hydrogens (tertiary/aromatic N) is 3. The molecule has 0 saturated carbocycles. The standard InChI is InChI=1S/C14H31N3/c1-5-8-11-16(10-6-2)15(4)17-12-9-14(7-3)13-17/h14H,5-13H2,1-4H3. The van der Waals surface area contributed by atoms with Crippen LogP contribution in [0.2, 0.25) is 0 Å². The van der Waals surface area contributed by atoms with Gasteiger partial charge in [-0.25, -0.2) is 10.0 Å². The Hall–Kier alpha value is -0.120. The molecule has 0 aliphatic carbocycles. The smallest absolute Gasteiger partial charge is 0.0179 e. The van der Waals surface area contributed by atoms with E-state index in [1.165, 1.54) is 58.3 Å². The lowest BCUT2D eigenvalue weighted by Gasteiger charge is -2.38. The fourth-order valence-corrected chi connectivity index (χ4v) is 2.59. The van der Waals surface area contributed by atoms with Crippen LogP contribution in [-0.2, 0) is 0 Å². The van der Waals surface area contributed by atoms with E-state index in [1.807, 2.05) is 0 Å². The van der Waals surface area contributed by atoms with Gasteiger partial charge in [0, 0.05) is 33.2 Å². The zero-order valence-corrected chi connectivity index (χ0v) is 12.3. The molecule has 102 valence electrons. The molecule has 3 heteroatoms. The second-order valence-corrected chi connectivity index (χ2v) is 5.27. The van der Waals surface area contributed by atoms with Crippen molar-refractivity contribution in [2.24, 2.45) is 5.92 Å². The molecule has 1 aliphatic heterocycles. The third-order valence-electron chi connectivity index (χ3n) is 3.91. The molecule has 17 heavy (non-hydrogen) atoms. The molecule has 0 aromatic carbocycles. The van der Waals surface area contributed by atoms with E-state index in [2.05, 4.69) is 43.0 Å². The Balaban J connectivity index is 2.43. The van der Waals surface area contributed by atoms with Gasteiger partial charge in [0.2, 0.25) is 0 Å². The lowest BCUT2D eigenvalue weighted by molar-refractivity contribution is -0.157. The molecule has 1 rings (SSSR count). The summed E-state index contributed by atoms with van der Waals surface area (Å²) in [5.74, 6) is 0.909. The third-order valence-corrected chi connectivity index (χ3v) is 3.91. The van der Waals surface area contributed by atoms with Gasteiger partial charge in [-0.15, -0.1) is 0 Å². The van der Waals surface area contributed by atoms with Gasteiger partial charge in [0.25, 0.3) is 0 Å². The molecule has 0 radical (unpaired) electrons. The monoisotopic (exact) mass is 241 g/mol. The molecule has 0 bridgehead atoms. The Morgan fingerprint density at radius 2 is 1.88 bits per heavy atom. The number of rotatable bonds is 8. The zero-order valence-electron chi connectivity index (χ0n) is 12.3. The molecule has 3 nitrogen and oxygen atoms in total. The molecule has 0 aromatic rings. The molecule has 0 amide bonds. The van der Waals surface area contributed by atoms with Gasteiger partial charge >= 0.3 is 0 Å². The SMILES string of the molecule is CCCCN(CCC)N(C)N1CCC(CC)C1. The van der Waals surface area contributed by atoms with Gasteiger partial charge in [0.05, 0.1) is 0 Å². The minimum atomic E-state index is 0.909. The minimum Gasteiger partial charge on any atom is -0.228 e. The van der Waals surface area contributed by atoms with Crippen LogP contribution in [0.15, 0.2) is 0 Å². The average molecular weight is 241 g/mol. The Morgan fingerprint density at radius 1 is 1.12 bits per heavy atom. The van der Waals surface area contributed by atoms with Crippen molar-refractivity contribution in [3.05, 3.63) is 0 Å². The molecule has 0 spiro atoms. The van der Waals surface area contributed by atoms with Crippen molar-refractivity contribution in [3.8, 4) is 0 Å². The van der Waals surface area contributed by atoms with Crippen molar-refractivity contribution >= 4 is 0 Å². The van der Waals surface area contributed by atoms with Crippen molar-refractivity contribution in [1.29, 1.82) is 0 Å². The Kier molecular flexibility index (Phi) is 7.09. The van der Waals surface area contributed by atoms with Crippen LogP contribution in [0, 0.1) is 5.92 Å². The number of hydrazine groups is 2. The highest BCUT2D eigenvalue weighted by molar-refractivity contribution is 4.72. The van der Waals surface area contributed by atoms with Gasteiger partial charge in [-0.05, 0) is 25.2 Å². The Bertz CT molecular complexity index is 196. The van der Waals surface area contributed by atoms with E-state index in [-0.39, 0.29) is 0 Å². The summed E-state index contributed by atoms with van der Waals surface area (Å²) in [6.07, 6.45) is 6.52. The highest BCUT2D eigenvalue weighted by Crippen LogP contribution is 2.21. The molecule has 1 fully saturated rings. The van der Waals surface area contributed by atoms with Gasteiger partial charge in [-0.2, -0.15) is 5.12 Å². The van der Waals surface area contributed by atoms with E-state index in [9.17, 15) is 0 Å². The summed E-state index contributed by atoms with van der Waals surface area (Å²) in [5.41, 5.74) is 0. The second kappa shape index (κ2) is 8.06. The van der Waals surface area contributed by atoms with Crippen LogP contribution in [0.4, 0.5) is 0 Å². The summed E-state index contributed by atoms with van der Waals surface area (Å²) in [5, 5.41) is 7.44.